The van der Waals surface area contributed by atoms with Crippen molar-refractivity contribution < 1.29 is 23.7 Å². The minimum Gasteiger partial charge on any atom is -0.463 e. The Morgan fingerprint density at radius 2 is 1.29 bits per heavy atom. The molecule has 102 valence electrons. The molecule has 0 fully saturated rings. The fourth-order valence-electron chi connectivity index (χ4n) is 1.03. The van der Waals surface area contributed by atoms with Gasteiger partial charge in [0.25, 0.3) is 0 Å². The second-order valence-electron chi connectivity index (χ2n) is 3.53. The first-order valence-electron chi connectivity index (χ1n) is 6.14. The standard InChI is InChI=1S/C12H24O5/c1-3-4-5-14-6-7-15-8-9-16-10-11-17-12(2)13/h3-11H2,1-2H3. The predicted octanol–water partition coefficient (Wildman–Crippen LogP) is 1.40. The van der Waals surface area contributed by atoms with Gasteiger partial charge in [0.05, 0.1) is 33.0 Å². The van der Waals surface area contributed by atoms with E-state index in [1.165, 1.54) is 6.92 Å². The van der Waals surface area contributed by atoms with Gasteiger partial charge in [-0.25, -0.2) is 0 Å². The fraction of sp³-hybridized carbons (Fsp3) is 0.917. The van der Waals surface area contributed by atoms with Crippen LogP contribution < -0.4 is 0 Å². The van der Waals surface area contributed by atoms with Gasteiger partial charge in [0, 0.05) is 13.5 Å². The number of carbonyl (C=O) groups is 1. The Hall–Kier alpha value is -0.650. The van der Waals surface area contributed by atoms with Gasteiger partial charge in [-0.3, -0.25) is 4.79 Å². The monoisotopic (exact) mass is 248 g/mol. The van der Waals surface area contributed by atoms with Gasteiger partial charge in [0.1, 0.15) is 6.61 Å². The smallest absolute Gasteiger partial charge is 0.302 e. The summed E-state index contributed by atoms with van der Waals surface area (Å²) in [4.78, 5) is 10.4. The van der Waals surface area contributed by atoms with Crippen molar-refractivity contribution in [2.45, 2.75) is 26.7 Å². The summed E-state index contributed by atoms with van der Waals surface area (Å²) in [7, 11) is 0. The Kier molecular flexibility index (Phi) is 12.9. The normalized spacial score (nSPS) is 10.5. The number of hydrogen-bond donors (Lipinski definition) is 0. The van der Waals surface area contributed by atoms with Gasteiger partial charge in [-0.15, -0.1) is 0 Å². The first-order valence-corrected chi connectivity index (χ1v) is 6.14. The molecule has 0 bridgehead atoms. The minimum absolute atomic E-state index is 0.283. The zero-order valence-corrected chi connectivity index (χ0v) is 10.9. The van der Waals surface area contributed by atoms with Gasteiger partial charge >= 0.3 is 5.97 Å². The lowest BCUT2D eigenvalue weighted by Crippen LogP contribution is -2.12. The van der Waals surface area contributed by atoms with Crippen LogP contribution in [-0.4, -0.2) is 52.2 Å². The van der Waals surface area contributed by atoms with E-state index in [-0.39, 0.29) is 5.97 Å². The van der Waals surface area contributed by atoms with Crippen molar-refractivity contribution in [2.75, 3.05) is 46.2 Å². The molecule has 0 N–H and O–H groups in total. The third-order valence-corrected chi connectivity index (χ3v) is 1.92. The number of unbranched alkanes of at least 4 members (excludes halogenated alkanes) is 1. The molecule has 0 aromatic carbocycles. The maximum absolute atomic E-state index is 10.4. The summed E-state index contributed by atoms with van der Waals surface area (Å²) in [5.74, 6) is -0.283. The summed E-state index contributed by atoms with van der Waals surface area (Å²) in [5.41, 5.74) is 0. The van der Waals surface area contributed by atoms with E-state index in [9.17, 15) is 4.79 Å². The van der Waals surface area contributed by atoms with Crippen LogP contribution in [0.5, 0.6) is 0 Å². The molecule has 0 atom stereocenters. The minimum atomic E-state index is -0.283. The number of rotatable bonds is 12. The number of esters is 1. The van der Waals surface area contributed by atoms with Gasteiger partial charge < -0.3 is 18.9 Å². The molecule has 5 heteroatoms. The van der Waals surface area contributed by atoms with E-state index in [1.54, 1.807) is 0 Å². The summed E-state index contributed by atoms with van der Waals surface area (Å²) in [6.07, 6.45) is 2.25. The Morgan fingerprint density at radius 1 is 0.824 bits per heavy atom. The predicted molar refractivity (Wildman–Crippen MR) is 64.0 cm³/mol. The van der Waals surface area contributed by atoms with Crippen molar-refractivity contribution in [2.24, 2.45) is 0 Å². The first kappa shape index (κ1) is 16.4. The van der Waals surface area contributed by atoms with Crippen molar-refractivity contribution in [3.63, 3.8) is 0 Å². The SMILES string of the molecule is CCCCOCCOCCOCCOC(C)=O. The summed E-state index contributed by atoms with van der Waals surface area (Å²) in [6.45, 7) is 7.30. The highest BCUT2D eigenvalue weighted by Gasteiger charge is 1.93. The molecule has 0 radical (unpaired) electrons. The second-order valence-corrected chi connectivity index (χ2v) is 3.53. The van der Waals surface area contributed by atoms with Crippen molar-refractivity contribution in [3.8, 4) is 0 Å². The van der Waals surface area contributed by atoms with Crippen LogP contribution in [0.4, 0.5) is 0 Å². The molecule has 0 unspecified atom stereocenters. The molecule has 0 heterocycles. The van der Waals surface area contributed by atoms with Gasteiger partial charge in [-0.05, 0) is 6.42 Å². The topological polar surface area (TPSA) is 54.0 Å². The summed E-state index contributed by atoms with van der Waals surface area (Å²) < 4.78 is 20.5. The van der Waals surface area contributed by atoms with Crippen molar-refractivity contribution in [1.82, 2.24) is 0 Å². The lowest BCUT2D eigenvalue weighted by molar-refractivity contribution is -0.142. The summed E-state index contributed by atoms with van der Waals surface area (Å²) in [6, 6.07) is 0. The Balaban J connectivity index is 2.91. The van der Waals surface area contributed by atoms with Crippen LogP contribution in [0.3, 0.4) is 0 Å². The molecule has 0 amide bonds. The summed E-state index contributed by atoms with van der Waals surface area (Å²) in [5, 5.41) is 0. The van der Waals surface area contributed by atoms with Crippen LogP contribution in [0.15, 0.2) is 0 Å². The first-order chi connectivity index (χ1) is 8.27. The van der Waals surface area contributed by atoms with Crippen LogP contribution in [-0.2, 0) is 23.7 Å². The van der Waals surface area contributed by atoms with Crippen LogP contribution >= 0.6 is 0 Å². The quantitative estimate of drug-likeness (QED) is 0.386. The zero-order valence-electron chi connectivity index (χ0n) is 10.9. The third kappa shape index (κ3) is 15.4. The Labute approximate surface area is 103 Å². The summed E-state index contributed by atoms with van der Waals surface area (Å²) >= 11 is 0. The molecular formula is C12H24O5. The van der Waals surface area contributed by atoms with E-state index in [0.29, 0.717) is 39.6 Å². The van der Waals surface area contributed by atoms with Crippen molar-refractivity contribution in [3.05, 3.63) is 0 Å². The maximum Gasteiger partial charge on any atom is 0.302 e. The largest absolute Gasteiger partial charge is 0.463 e. The average molecular weight is 248 g/mol. The van der Waals surface area contributed by atoms with Gasteiger partial charge in [0.2, 0.25) is 0 Å². The number of ether oxygens (including phenoxy) is 4. The van der Waals surface area contributed by atoms with Crippen LogP contribution in [0.25, 0.3) is 0 Å². The molecule has 0 aliphatic carbocycles. The van der Waals surface area contributed by atoms with E-state index < -0.39 is 0 Å². The van der Waals surface area contributed by atoms with E-state index >= 15 is 0 Å². The van der Waals surface area contributed by atoms with E-state index in [1.807, 2.05) is 0 Å². The van der Waals surface area contributed by atoms with Crippen LogP contribution in [0.2, 0.25) is 0 Å². The molecule has 0 aromatic heterocycles. The van der Waals surface area contributed by atoms with Crippen LogP contribution in [0.1, 0.15) is 26.7 Å². The van der Waals surface area contributed by atoms with E-state index in [4.69, 9.17) is 18.9 Å². The molecule has 0 saturated heterocycles. The Morgan fingerprint density at radius 3 is 1.76 bits per heavy atom. The van der Waals surface area contributed by atoms with Crippen molar-refractivity contribution in [1.29, 1.82) is 0 Å². The molecule has 17 heavy (non-hydrogen) atoms. The van der Waals surface area contributed by atoms with Gasteiger partial charge in [0.15, 0.2) is 0 Å². The molecular weight excluding hydrogens is 224 g/mol. The van der Waals surface area contributed by atoms with Gasteiger partial charge in [-0.2, -0.15) is 0 Å². The highest BCUT2D eigenvalue weighted by Crippen LogP contribution is 1.88. The Bertz CT molecular complexity index is 172. The molecule has 0 rings (SSSR count). The highest BCUT2D eigenvalue weighted by atomic mass is 16.6. The molecule has 0 aliphatic heterocycles. The molecule has 0 aromatic rings. The zero-order chi connectivity index (χ0) is 12.8. The number of carbonyl (C=O) groups excluding carboxylic acids is 1. The molecule has 0 aliphatic rings. The maximum atomic E-state index is 10.4. The van der Waals surface area contributed by atoms with E-state index in [0.717, 1.165) is 19.4 Å². The molecule has 5 nitrogen and oxygen atoms in total. The second kappa shape index (κ2) is 13.4. The molecule has 0 spiro atoms. The molecule has 0 saturated carbocycles. The lowest BCUT2D eigenvalue weighted by Gasteiger charge is -2.06. The van der Waals surface area contributed by atoms with E-state index in [2.05, 4.69) is 6.92 Å². The lowest BCUT2D eigenvalue weighted by atomic mass is 10.4. The average Bonchev–Trinajstić information content (AvgIpc) is 2.30. The third-order valence-electron chi connectivity index (χ3n) is 1.92. The number of hydrogen-bond acceptors (Lipinski definition) is 5. The van der Waals surface area contributed by atoms with Crippen LogP contribution in [0, 0.1) is 0 Å². The van der Waals surface area contributed by atoms with Crippen molar-refractivity contribution >= 4 is 5.97 Å². The highest BCUT2D eigenvalue weighted by molar-refractivity contribution is 5.65. The fourth-order valence-corrected chi connectivity index (χ4v) is 1.03. The van der Waals surface area contributed by atoms with Gasteiger partial charge in [-0.1, -0.05) is 13.3 Å².